The Morgan fingerprint density at radius 2 is 1.96 bits per heavy atom. The minimum absolute atomic E-state index is 0. The Morgan fingerprint density at radius 3 is 2.64 bits per heavy atom. The van der Waals surface area contributed by atoms with E-state index in [9.17, 15) is 4.39 Å². The third-order valence-electron chi connectivity index (χ3n) is 4.36. The lowest BCUT2D eigenvalue weighted by Crippen LogP contribution is -2.52. The largest absolute Gasteiger partial charge is 0.490 e. The van der Waals surface area contributed by atoms with Crippen LogP contribution in [0.15, 0.2) is 53.8 Å². The molecule has 0 bridgehead atoms. The highest BCUT2D eigenvalue weighted by Crippen LogP contribution is 2.20. The number of hydrogen-bond donors (Lipinski definition) is 1. The Bertz CT molecular complexity index is 738. The van der Waals surface area contributed by atoms with Crippen LogP contribution in [0.25, 0.3) is 0 Å². The van der Waals surface area contributed by atoms with E-state index in [-0.39, 0.29) is 29.8 Å². The molecule has 1 fully saturated rings. The lowest BCUT2D eigenvalue weighted by atomic mass is 10.2. The molecule has 8 heteroatoms. The van der Waals surface area contributed by atoms with Gasteiger partial charge in [-0.25, -0.2) is 9.38 Å². The fraction of sp³-hybridized carbons (Fsp3) is 0.400. The van der Waals surface area contributed by atoms with Gasteiger partial charge in [-0.05, 0) is 31.2 Å². The molecule has 2 heterocycles. The third-order valence-corrected chi connectivity index (χ3v) is 4.36. The number of para-hydroxylation sites is 1. The molecule has 152 valence electrons. The van der Waals surface area contributed by atoms with Gasteiger partial charge in [0, 0.05) is 38.9 Å². The summed E-state index contributed by atoms with van der Waals surface area (Å²) in [6.45, 7) is 7.02. The van der Waals surface area contributed by atoms with Crippen LogP contribution < -0.4 is 15.0 Å². The number of aromatic nitrogens is 1. The molecular weight excluding hydrogens is 472 g/mol. The number of guanidine groups is 1. The topological polar surface area (TPSA) is 53.0 Å². The summed E-state index contributed by atoms with van der Waals surface area (Å²) >= 11 is 0. The van der Waals surface area contributed by atoms with Crippen LogP contribution in [0.4, 0.5) is 10.1 Å². The number of anilines is 1. The monoisotopic (exact) mass is 499 g/mol. The second-order valence-corrected chi connectivity index (χ2v) is 6.20. The summed E-state index contributed by atoms with van der Waals surface area (Å²) < 4.78 is 19.6. The summed E-state index contributed by atoms with van der Waals surface area (Å²) in [5.41, 5.74) is 0.670. The summed E-state index contributed by atoms with van der Waals surface area (Å²) in [5, 5.41) is 3.33. The van der Waals surface area contributed by atoms with Crippen molar-refractivity contribution >= 4 is 35.6 Å². The van der Waals surface area contributed by atoms with Crippen LogP contribution in [0.5, 0.6) is 5.75 Å². The Kier molecular flexibility index (Phi) is 9.26. The summed E-state index contributed by atoms with van der Waals surface area (Å²) in [5.74, 6) is 1.45. The van der Waals surface area contributed by atoms with Crippen LogP contribution in [0.3, 0.4) is 0 Å². The van der Waals surface area contributed by atoms with E-state index in [4.69, 9.17) is 4.74 Å². The van der Waals surface area contributed by atoms with Gasteiger partial charge in [-0.15, -0.1) is 24.0 Å². The molecule has 1 aromatic heterocycles. The molecule has 0 amide bonds. The van der Waals surface area contributed by atoms with Crippen LogP contribution in [-0.4, -0.2) is 61.7 Å². The van der Waals surface area contributed by atoms with Crippen molar-refractivity contribution in [2.45, 2.75) is 6.92 Å². The first-order valence-electron chi connectivity index (χ1n) is 9.33. The number of nitrogens with one attached hydrogen (secondary N) is 1. The normalized spacial score (nSPS) is 14.4. The van der Waals surface area contributed by atoms with Crippen molar-refractivity contribution in [1.29, 1.82) is 0 Å². The van der Waals surface area contributed by atoms with Crippen molar-refractivity contribution in [3.8, 4) is 5.75 Å². The van der Waals surface area contributed by atoms with Crippen molar-refractivity contribution in [2.24, 2.45) is 4.99 Å². The molecule has 6 nitrogen and oxygen atoms in total. The van der Waals surface area contributed by atoms with Crippen LogP contribution in [-0.2, 0) is 0 Å². The van der Waals surface area contributed by atoms with E-state index in [2.05, 4.69) is 32.0 Å². The highest BCUT2D eigenvalue weighted by Gasteiger charge is 2.21. The van der Waals surface area contributed by atoms with Gasteiger partial charge in [-0.1, -0.05) is 12.1 Å². The molecular formula is C20H27FIN5O. The molecule has 28 heavy (non-hydrogen) atoms. The first kappa shape index (κ1) is 22.2. The van der Waals surface area contributed by atoms with E-state index in [0.717, 1.165) is 44.4 Å². The van der Waals surface area contributed by atoms with Gasteiger partial charge in [0.25, 0.3) is 0 Å². The summed E-state index contributed by atoms with van der Waals surface area (Å²) in [6, 6.07) is 10.7. The van der Waals surface area contributed by atoms with Gasteiger partial charge in [0.1, 0.15) is 18.2 Å². The number of halogens is 2. The number of aliphatic imine (C=N–C) groups is 1. The number of rotatable bonds is 6. The first-order valence-corrected chi connectivity index (χ1v) is 9.33. The molecule has 1 saturated heterocycles. The average Bonchev–Trinajstić information content (AvgIpc) is 2.72. The second kappa shape index (κ2) is 11.7. The maximum Gasteiger partial charge on any atom is 0.194 e. The summed E-state index contributed by atoms with van der Waals surface area (Å²) in [4.78, 5) is 13.0. The molecule has 3 rings (SSSR count). The summed E-state index contributed by atoms with van der Waals surface area (Å²) in [7, 11) is 0. The van der Waals surface area contributed by atoms with E-state index in [1.165, 1.54) is 6.07 Å². The van der Waals surface area contributed by atoms with Gasteiger partial charge in [0.15, 0.2) is 5.96 Å². The number of hydrogen-bond acceptors (Lipinski definition) is 4. The second-order valence-electron chi connectivity index (χ2n) is 6.20. The minimum atomic E-state index is -0.168. The van der Waals surface area contributed by atoms with Crippen molar-refractivity contribution < 1.29 is 9.13 Å². The molecule has 1 aliphatic heterocycles. The zero-order valence-electron chi connectivity index (χ0n) is 16.1. The fourth-order valence-electron chi connectivity index (χ4n) is 3.04. The highest BCUT2D eigenvalue weighted by atomic mass is 127. The van der Waals surface area contributed by atoms with Crippen molar-refractivity contribution in [2.75, 3.05) is 50.8 Å². The smallest absolute Gasteiger partial charge is 0.194 e. The quantitative estimate of drug-likeness (QED) is 0.287. The van der Waals surface area contributed by atoms with Gasteiger partial charge in [0.2, 0.25) is 0 Å². The lowest BCUT2D eigenvalue weighted by molar-refractivity contribution is 0.324. The highest BCUT2D eigenvalue weighted by molar-refractivity contribution is 14.0. The van der Waals surface area contributed by atoms with Crippen LogP contribution in [0, 0.1) is 5.82 Å². The molecule has 0 spiro atoms. The molecule has 0 aliphatic carbocycles. The number of pyridine rings is 1. The van der Waals surface area contributed by atoms with Gasteiger partial charge in [-0.3, -0.25) is 4.98 Å². The molecule has 2 aromatic rings. The number of ether oxygens (including phenoxy) is 1. The number of benzene rings is 1. The lowest BCUT2D eigenvalue weighted by Gasteiger charge is -2.37. The maximum absolute atomic E-state index is 14.0. The predicted molar refractivity (Wildman–Crippen MR) is 121 cm³/mol. The standard InChI is InChI=1S/C20H26FN5O.HI/c1-2-23-20(24-10-15-27-17-6-5-9-22-16-17)26-13-11-25(12-14-26)19-8-4-3-7-18(19)21;/h3-9,16H,2,10-15H2,1H3,(H,23,24);1H. The fourth-order valence-corrected chi connectivity index (χ4v) is 3.04. The van der Waals surface area contributed by atoms with Crippen molar-refractivity contribution in [1.82, 2.24) is 15.2 Å². The van der Waals surface area contributed by atoms with Gasteiger partial charge in [-0.2, -0.15) is 0 Å². The molecule has 0 atom stereocenters. The van der Waals surface area contributed by atoms with Gasteiger partial charge in [0.05, 0.1) is 18.4 Å². The number of nitrogens with zero attached hydrogens (tertiary/aromatic N) is 4. The van der Waals surface area contributed by atoms with E-state index >= 15 is 0 Å². The SMILES string of the molecule is CCNC(=NCCOc1cccnc1)N1CCN(c2ccccc2F)CC1.I. The Labute approximate surface area is 182 Å². The van der Waals surface area contributed by atoms with Crippen LogP contribution in [0.2, 0.25) is 0 Å². The van der Waals surface area contributed by atoms with E-state index < -0.39 is 0 Å². The zero-order chi connectivity index (χ0) is 18.9. The van der Waals surface area contributed by atoms with E-state index in [1.54, 1.807) is 18.5 Å². The summed E-state index contributed by atoms with van der Waals surface area (Å²) in [6.07, 6.45) is 3.41. The average molecular weight is 499 g/mol. The Hall–Kier alpha value is -2.10. The van der Waals surface area contributed by atoms with Crippen LogP contribution in [0.1, 0.15) is 6.92 Å². The minimum Gasteiger partial charge on any atom is -0.490 e. The third kappa shape index (κ3) is 6.22. The zero-order valence-corrected chi connectivity index (χ0v) is 18.4. The molecule has 0 radical (unpaired) electrons. The Balaban J connectivity index is 0.00000280. The first-order chi connectivity index (χ1) is 13.3. The van der Waals surface area contributed by atoms with E-state index in [0.29, 0.717) is 18.8 Å². The number of piperazine rings is 1. The molecule has 1 aromatic carbocycles. The van der Waals surface area contributed by atoms with Gasteiger partial charge >= 0.3 is 0 Å². The molecule has 0 unspecified atom stereocenters. The molecule has 0 saturated carbocycles. The molecule has 1 aliphatic rings. The van der Waals surface area contributed by atoms with E-state index in [1.807, 2.05) is 24.3 Å². The van der Waals surface area contributed by atoms with Crippen molar-refractivity contribution in [3.05, 3.63) is 54.6 Å². The van der Waals surface area contributed by atoms with Crippen molar-refractivity contribution in [3.63, 3.8) is 0 Å². The maximum atomic E-state index is 14.0. The van der Waals surface area contributed by atoms with Crippen LogP contribution >= 0.6 is 24.0 Å². The predicted octanol–water partition coefficient (Wildman–Crippen LogP) is 3.01. The molecule has 1 N–H and O–H groups in total. The van der Waals surface area contributed by atoms with Gasteiger partial charge < -0.3 is 19.9 Å². The Morgan fingerprint density at radius 1 is 1.18 bits per heavy atom.